The van der Waals surface area contributed by atoms with E-state index in [1.807, 2.05) is 25.2 Å². The van der Waals surface area contributed by atoms with Gasteiger partial charge >= 0.3 is 0 Å². The number of ether oxygens (including phenoxy) is 1. The second-order valence-electron chi connectivity index (χ2n) is 5.14. The fraction of sp³-hybridized carbons (Fsp3) is 0.500. The lowest BCUT2D eigenvalue weighted by Crippen LogP contribution is -2.29. The van der Waals surface area contributed by atoms with Crippen molar-refractivity contribution in [1.82, 2.24) is 10.6 Å². The molecule has 1 aromatic rings. The second-order valence-corrected chi connectivity index (χ2v) is 5.14. The minimum atomic E-state index is -0.198. The van der Waals surface area contributed by atoms with Gasteiger partial charge in [-0.25, -0.2) is 0 Å². The van der Waals surface area contributed by atoms with Gasteiger partial charge in [0.2, 0.25) is 0 Å². The number of nitriles is 1. The lowest BCUT2D eigenvalue weighted by molar-refractivity contribution is -0.123. The Morgan fingerprint density at radius 3 is 3.14 bits per heavy atom. The van der Waals surface area contributed by atoms with Crippen molar-refractivity contribution < 1.29 is 9.53 Å². The van der Waals surface area contributed by atoms with Gasteiger partial charge in [-0.1, -0.05) is 6.07 Å². The average Bonchev–Trinajstić information content (AvgIpc) is 2.52. The first-order valence-electron chi connectivity index (χ1n) is 7.31. The highest BCUT2D eigenvalue weighted by atomic mass is 16.5. The molecule has 0 fully saturated rings. The highest BCUT2D eigenvalue weighted by Gasteiger charge is 2.19. The summed E-state index contributed by atoms with van der Waals surface area (Å²) in [5.41, 5.74) is 2.62. The Balaban J connectivity index is 1.90. The van der Waals surface area contributed by atoms with Crippen LogP contribution in [-0.2, 0) is 11.2 Å². The molecule has 0 heterocycles. The Morgan fingerprint density at radius 1 is 1.52 bits per heavy atom. The molecule has 5 heteroatoms. The van der Waals surface area contributed by atoms with Crippen LogP contribution in [0.5, 0.6) is 5.75 Å². The summed E-state index contributed by atoms with van der Waals surface area (Å²) in [6.45, 7) is 0.354. The van der Waals surface area contributed by atoms with Gasteiger partial charge in [-0.05, 0) is 49.6 Å². The van der Waals surface area contributed by atoms with Crippen LogP contribution in [0.15, 0.2) is 18.2 Å². The molecule has 0 bridgehead atoms. The summed E-state index contributed by atoms with van der Waals surface area (Å²) in [6, 6.07) is 8.42. The number of rotatable bonds is 6. The zero-order chi connectivity index (χ0) is 15.1. The molecular formula is C16H21N3O2. The van der Waals surface area contributed by atoms with E-state index in [2.05, 4.69) is 16.7 Å². The van der Waals surface area contributed by atoms with Crippen LogP contribution in [0, 0.1) is 11.3 Å². The second kappa shape index (κ2) is 7.65. The van der Waals surface area contributed by atoms with E-state index in [4.69, 9.17) is 10.00 Å². The van der Waals surface area contributed by atoms with E-state index in [0.717, 1.165) is 25.0 Å². The molecule has 0 saturated carbocycles. The molecule has 5 nitrogen and oxygen atoms in total. The van der Waals surface area contributed by atoms with Crippen LogP contribution < -0.4 is 15.4 Å². The van der Waals surface area contributed by atoms with E-state index in [1.165, 1.54) is 11.1 Å². The first-order chi connectivity index (χ1) is 10.2. The zero-order valence-electron chi connectivity index (χ0n) is 12.3. The van der Waals surface area contributed by atoms with E-state index in [-0.39, 0.29) is 12.5 Å². The number of carbonyl (C=O) groups excluding carboxylic acids is 1. The van der Waals surface area contributed by atoms with Crippen molar-refractivity contribution in [3.63, 3.8) is 0 Å². The van der Waals surface area contributed by atoms with Gasteiger partial charge in [0.1, 0.15) is 5.75 Å². The topological polar surface area (TPSA) is 74.2 Å². The average molecular weight is 287 g/mol. The van der Waals surface area contributed by atoms with E-state index < -0.39 is 0 Å². The summed E-state index contributed by atoms with van der Waals surface area (Å²) < 4.78 is 5.52. The number of carbonyl (C=O) groups is 1. The van der Waals surface area contributed by atoms with Crippen molar-refractivity contribution >= 4 is 5.91 Å². The van der Waals surface area contributed by atoms with Crippen molar-refractivity contribution in [1.29, 1.82) is 5.26 Å². The van der Waals surface area contributed by atoms with Gasteiger partial charge in [0.25, 0.3) is 5.91 Å². The SMILES string of the molecule is CNC1CCCc2cc(OCC(=O)NCCC#N)ccc21. The Kier molecular flexibility index (Phi) is 5.59. The summed E-state index contributed by atoms with van der Waals surface area (Å²) in [5.74, 6) is 0.525. The molecule has 2 rings (SSSR count). The fourth-order valence-electron chi connectivity index (χ4n) is 2.64. The molecule has 0 spiro atoms. The highest BCUT2D eigenvalue weighted by Crippen LogP contribution is 2.31. The van der Waals surface area contributed by atoms with E-state index in [1.54, 1.807) is 0 Å². The molecule has 1 amide bonds. The molecule has 1 atom stereocenters. The molecule has 21 heavy (non-hydrogen) atoms. The van der Waals surface area contributed by atoms with Crippen molar-refractivity contribution in [2.45, 2.75) is 31.7 Å². The van der Waals surface area contributed by atoms with Crippen LogP contribution in [-0.4, -0.2) is 26.1 Å². The lowest BCUT2D eigenvalue weighted by atomic mass is 9.87. The van der Waals surface area contributed by atoms with E-state index >= 15 is 0 Å². The van der Waals surface area contributed by atoms with Gasteiger partial charge in [-0.15, -0.1) is 0 Å². The quantitative estimate of drug-likeness (QED) is 0.781. The van der Waals surface area contributed by atoms with Crippen LogP contribution in [0.25, 0.3) is 0 Å². The predicted molar refractivity (Wildman–Crippen MR) is 79.9 cm³/mol. The molecular weight excluding hydrogens is 266 g/mol. The highest BCUT2D eigenvalue weighted by molar-refractivity contribution is 5.77. The summed E-state index contributed by atoms with van der Waals surface area (Å²) in [6.07, 6.45) is 3.69. The van der Waals surface area contributed by atoms with Gasteiger partial charge in [0, 0.05) is 12.6 Å². The number of amides is 1. The van der Waals surface area contributed by atoms with Gasteiger partial charge in [0.05, 0.1) is 12.5 Å². The molecule has 0 radical (unpaired) electrons. The molecule has 1 aliphatic carbocycles. The summed E-state index contributed by atoms with van der Waals surface area (Å²) in [5, 5.41) is 14.4. The van der Waals surface area contributed by atoms with Crippen molar-refractivity contribution in [2.24, 2.45) is 0 Å². The Labute approximate surface area is 125 Å². The number of nitrogens with one attached hydrogen (secondary N) is 2. The Morgan fingerprint density at radius 2 is 2.38 bits per heavy atom. The third-order valence-electron chi connectivity index (χ3n) is 3.71. The van der Waals surface area contributed by atoms with Gasteiger partial charge < -0.3 is 15.4 Å². The zero-order valence-corrected chi connectivity index (χ0v) is 12.3. The Hall–Kier alpha value is -2.06. The Bertz CT molecular complexity index is 537. The molecule has 1 aromatic carbocycles. The smallest absolute Gasteiger partial charge is 0.257 e. The number of nitrogens with zero attached hydrogens (tertiary/aromatic N) is 1. The fourth-order valence-corrected chi connectivity index (χ4v) is 2.64. The number of fused-ring (bicyclic) bond motifs is 1. The molecule has 0 aliphatic heterocycles. The van der Waals surface area contributed by atoms with Gasteiger partial charge in [0.15, 0.2) is 6.61 Å². The maximum atomic E-state index is 11.5. The van der Waals surface area contributed by atoms with Crippen molar-refractivity contribution in [2.75, 3.05) is 20.2 Å². The van der Waals surface area contributed by atoms with Crippen molar-refractivity contribution in [3.8, 4) is 11.8 Å². The first kappa shape index (κ1) is 15.3. The number of hydrogen-bond acceptors (Lipinski definition) is 4. The third kappa shape index (κ3) is 4.20. The lowest BCUT2D eigenvalue weighted by Gasteiger charge is -2.25. The summed E-state index contributed by atoms with van der Waals surface area (Å²) in [7, 11) is 1.98. The number of aryl methyl sites for hydroxylation is 1. The maximum absolute atomic E-state index is 11.5. The normalized spacial score (nSPS) is 16.7. The van der Waals surface area contributed by atoms with Crippen LogP contribution in [0.2, 0.25) is 0 Å². The molecule has 0 aromatic heterocycles. The van der Waals surface area contributed by atoms with Crippen LogP contribution >= 0.6 is 0 Å². The molecule has 1 aliphatic rings. The third-order valence-corrected chi connectivity index (χ3v) is 3.71. The number of benzene rings is 1. The minimum absolute atomic E-state index is 0.0142. The van der Waals surface area contributed by atoms with E-state index in [9.17, 15) is 4.79 Å². The van der Waals surface area contributed by atoms with Crippen molar-refractivity contribution in [3.05, 3.63) is 29.3 Å². The standard InChI is InChI=1S/C16H21N3O2/c1-18-15-5-2-4-12-10-13(6-7-14(12)15)21-11-16(20)19-9-3-8-17/h6-7,10,15,18H,2-5,9,11H2,1H3,(H,19,20). The minimum Gasteiger partial charge on any atom is -0.484 e. The molecule has 2 N–H and O–H groups in total. The first-order valence-corrected chi connectivity index (χ1v) is 7.31. The maximum Gasteiger partial charge on any atom is 0.257 e. The molecule has 112 valence electrons. The molecule has 1 unspecified atom stereocenters. The monoisotopic (exact) mass is 287 g/mol. The summed E-state index contributed by atoms with van der Waals surface area (Å²) >= 11 is 0. The molecule has 0 saturated heterocycles. The largest absolute Gasteiger partial charge is 0.484 e. The summed E-state index contributed by atoms with van der Waals surface area (Å²) in [4.78, 5) is 11.5. The number of hydrogen-bond donors (Lipinski definition) is 2. The van der Waals surface area contributed by atoms with Gasteiger partial charge in [-0.2, -0.15) is 5.26 Å². The van der Waals surface area contributed by atoms with E-state index in [0.29, 0.717) is 19.0 Å². The van der Waals surface area contributed by atoms with Crippen LogP contribution in [0.3, 0.4) is 0 Å². The van der Waals surface area contributed by atoms with Crippen LogP contribution in [0.4, 0.5) is 0 Å². The van der Waals surface area contributed by atoms with Crippen LogP contribution in [0.1, 0.15) is 36.4 Å². The predicted octanol–water partition coefficient (Wildman–Crippen LogP) is 1.69. The van der Waals surface area contributed by atoms with Gasteiger partial charge in [-0.3, -0.25) is 4.79 Å².